The first-order valence-corrected chi connectivity index (χ1v) is 8.54. The van der Waals surface area contributed by atoms with Gasteiger partial charge >= 0.3 is 0 Å². The number of hydrogen-bond donors (Lipinski definition) is 0. The summed E-state index contributed by atoms with van der Waals surface area (Å²) >= 11 is 5.96. The second-order valence-electron chi connectivity index (χ2n) is 6.15. The molecule has 0 radical (unpaired) electrons. The van der Waals surface area contributed by atoms with Crippen LogP contribution in [0.3, 0.4) is 0 Å². The molecule has 3 rings (SSSR count). The molecule has 0 aromatic heterocycles. The van der Waals surface area contributed by atoms with E-state index in [9.17, 15) is 0 Å². The zero-order chi connectivity index (χ0) is 14.5. The highest BCUT2D eigenvalue weighted by Gasteiger charge is 2.28. The molecule has 2 fully saturated rings. The lowest BCUT2D eigenvalue weighted by Crippen LogP contribution is -2.37. The molecule has 1 aromatic carbocycles. The van der Waals surface area contributed by atoms with Crippen LogP contribution < -0.4 is 4.74 Å². The summed E-state index contributed by atoms with van der Waals surface area (Å²) in [6, 6.07) is 8.46. The van der Waals surface area contributed by atoms with E-state index < -0.39 is 0 Å². The van der Waals surface area contributed by atoms with Gasteiger partial charge < -0.3 is 9.64 Å². The SMILES string of the molecule is Clc1cccc(OCCCN2CCCN3CCCC3C2)c1. The molecule has 116 valence electrons. The van der Waals surface area contributed by atoms with E-state index in [1.807, 2.05) is 24.3 Å². The summed E-state index contributed by atoms with van der Waals surface area (Å²) in [4.78, 5) is 5.31. The Morgan fingerprint density at radius 2 is 2.10 bits per heavy atom. The summed E-state index contributed by atoms with van der Waals surface area (Å²) in [5.41, 5.74) is 0. The fourth-order valence-corrected chi connectivity index (χ4v) is 3.70. The molecule has 1 atom stereocenters. The predicted octanol–water partition coefficient (Wildman–Crippen LogP) is 3.28. The minimum absolute atomic E-state index is 0.737. The van der Waals surface area contributed by atoms with Crippen LogP contribution in [0, 0.1) is 0 Å². The van der Waals surface area contributed by atoms with Gasteiger partial charge in [-0.3, -0.25) is 4.90 Å². The first-order valence-electron chi connectivity index (χ1n) is 8.16. The van der Waals surface area contributed by atoms with E-state index in [2.05, 4.69) is 9.80 Å². The highest BCUT2D eigenvalue weighted by molar-refractivity contribution is 6.30. The maximum absolute atomic E-state index is 5.96. The van der Waals surface area contributed by atoms with E-state index in [1.54, 1.807) is 0 Å². The molecule has 1 aromatic rings. The van der Waals surface area contributed by atoms with Crippen molar-refractivity contribution in [2.45, 2.75) is 31.7 Å². The number of rotatable bonds is 5. The Hall–Kier alpha value is -0.770. The van der Waals surface area contributed by atoms with Crippen LogP contribution in [0.5, 0.6) is 5.75 Å². The summed E-state index contributed by atoms with van der Waals surface area (Å²) in [5, 5.41) is 0.737. The van der Waals surface area contributed by atoms with E-state index in [-0.39, 0.29) is 0 Å². The average Bonchev–Trinajstić information content (AvgIpc) is 2.82. The smallest absolute Gasteiger partial charge is 0.120 e. The molecule has 2 heterocycles. The fourth-order valence-electron chi connectivity index (χ4n) is 3.52. The van der Waals surface area contributed by atoms with Crippen molar-refractivity contribution in [2.24, 2.45) is 0 Å². The number of halogens is 1. The Balaban J connectivity index is 1.39. The normalized spacial score (nSPS) is 23.8. The standard InChI is InChI=1S/C17H25ClN2O/c18-15-5-1-7-17(13-15)21-12-4-9-19-8-3-11-20-10-2-6-16(20)14-19/h1,5,7,13,16H,2-4,6,8-12,14H2. The molecule has 21 heavy (non-hydrogen) atoms. The lowest BCUT2D eigenvalue weighted by Gasteiger charge is -2.25. The highest BCUT2D eigenvalue weighted by Crippen LogP contribution is 2.21. The third-order valence-corrected chi connectivity index (χ3v) is 4.81. The van der Waals surface area contributed by atoms with Crippen LogP contribution in [-0.4, -0.2) is 55.2 Å². The van der Waals surface area contributed by atoms with Crippen molar-refractivity contribution in [3.63, 3.8) is 0 Å². The van der Waals surface area contributed by atoms with Crippen molar-refractivity contribution >= 4 is 11.6 Å². The highest BCUT2D eigenvalue weighted by atomic mass is 35.5. The predicted molar refractivity (Wildman–Crippen MR) is 87.2 cm³/mol. The Bertz CT molecular complexity index is 454. The van der Waals surface area contributed by atoms with Gasteiger partial charge in [0.15, 0.2) is 0 Å². The molecule has 3 nitrogen and oxygen atoms in total. The average molecular weight is 309 g/mol. The van der Waals surface area contributed by atoms with Crippen molar-refractivity contribution in [2.75, 3.05) is 39.3 Å². The quantitative estimate of drug-likeness (QED) is 0.776. The topological polar surface area (TPSA) is 15.7 Å². The van der Waals surface area contributed by atoms with Gasteiger partial charge in [-0.25, -0.2) is 0 Å². The third-order valence-electron chi connectivity index (χ3n) is 4.57. The second-order valence-corrected chi connectivity index (χ2v) is 6.58. The molecule has 0 amide bonds. The number of ether oxygens (including phenoxy) is 1. The van der Waals surface area contributed by atoms with E-state index in [1.165, 1.54) is 45.4 Å². The number of nitrogens with zero attached hydrogens (tertiary/aromatic N) is 2. The van der Waals surface area contributed by atoms with E-state index in [4.69, 9.17) is 16.3 Å². The molecule has 0 saturated carbocycles. The number of fused-ring (bicyclic) bond motifs is 1. The van der Waals surface area contributed by atoms with Gasteiger partial charge in [-0.1, -0.05) is 17.7 Å². The van der Waals surface area contributed by atoms with Gasteiger partial charge in [0, 0.05) is 24.2 Å². The van der Waals surface area contributed by atoms with E-state index in [0.717, 1.165) is 36.4 Å². The van der Waals surface area contributed by atoms with E-state index >= 15 is 0 Å². The van der Waals surface area contributed by atoms with E-state index in [0.29, 0.717) is 0 Å². The number of benzene rings is 1. The van der Waals surface area contributed by atoms with Gasteiger partial charge in [-0.15, -0.1) is 0 Å². The summed E-state index contributed by atoms with van der Waals surface area (Å²) in [5.74, 6) is 0.875. The maximum atomic E-state index is 5.96. The van der Waals surface area contributed by atoms with Crippen molar-refractivity contribution in [1.29, 1.82) is 0 Å². The first kappa shape index (κ1) is 15.1. The Morgan fingerprint density at radius 3 is 3.00 bits per heavy atom. The van der Waals surface area contributed by atoms with Gasteiger partial charge in [0.05, 0.1) is 6.61 Å². The molecule has 0 bridgehead atoms. The fraction of sp³-hybridized carbons (Fsp3) is 0.647. The van der Waals surface area contributed by atoms with Crippen LogP contribution >= 0.6 is 11.6 Å². The summed E-state index contributed by atoms with van der Waals surface area (Å²) in [6.07, 6.45) is 5.16. The number of hydrogen-bond acceptors (Lipinski definition) is 3. The molecule has 0 N–H and O–H groups in total. The molecule has 0 spiro atoms. The molecule has 0 aliphatic carbocycles. The van der Waals surface area contributed by atoms with Crippen LogP contribution in [0.1, 0.15) is 25.7 Å². The van der Waals surface area contributed by atoms with Gasteiger partial charge in [0.1, 0.15) is 5.75 Å². The van der Waals surface area contributed by atoms with Crippen LogP contribution in [0.15, 0.2) is 24.3 Å². The zero-order valence-corrected chi connectivity index (χ0v) is 13.4. The molecule has 2 aliphatic rings. The lowest BCUT2D eigenvalue weighted by atomic mass is 10.2. The minimum Gasteiger partial charge on any atom is -0.493 e. The third kappa shape index (κ3) is 4.35. The lowest BCUT2D eigenvalue weighted by molar-refractivity contribution is 0.205. The first-order chi connectivity index (χ1) is 10.3. The molecule has 1 unspecified atom stereocenters. The zero-order valence-electron chi connectivity index (χ0n) is 12.6. The van der Waals surface area contributed by atoms with Gasteiger partial charge in [0.25, 0.3) is 0 Å². The summed E-state index contributed by atoms with van der Waals surface area (Å²) < 4.78 is 5.77. The maximum Gasteiger partial charge on any atom is 0.120 e. The van der Waals surface area contributed by atoms with Crippen LogP contribution in [-0.2, 0) is 0 Å². The molecule has 4 heteroatoms. The molecular weight excluding hydrogens is 284 g/mol. The van der Waals surface area contributed by atoms with Gasteiger partial charge in [0.2, 0.25) is 0 Å². The van der Waals surface area contributed by atoms with Crippen LogP contribution in [0.25, 0.3) is 0 Å². The minimum atomic E-state index is 0.737. The molecule has 2 aliphatic heterocycles. The van der Waals surface area contributed by atoms with Crippen molar-refractivity contribution in [3.8, 4) is 5.75 Å². The van der Waals surface area contributed by atoms with Gasteiger partial charge in [-0.2, -0.15) is 0 Å². The Labute approximate surface area is 132 Å². The van der Waals surface area contributed by atoms with Crippen molar-refractivity contribution in [3.05, 3.63) is 29.3 Å². The monoisotopic (exact) mass is 308 g/mol. The van der Waals surface area contributed by atoms with Crippen LogP contribution in [0.4, 0.5) is 0 Å². The summed E-state index contributed by atoms with van der Waals surface area (Å²) in [7, 11) is 0. The summed E-state index contributed by atoms with van der Waals surface area (Å²) in [6.45, 7) is 7.01. The van der Waals surface area contributed by atoms with Crippen molar-refractivity contribution in [1.82, 2.24) is 9.80 Å². The largest absolute Gasteiger partial charge is 0.493 e. The molecular formula is C17H25ClN2O. The second kappa shape index (κ2) is 7.48. The van der Waals surface area contributed by atoms with Gasteiger partial charge in [-0.05, 0) is 63.5 Å². The van der Waals surface area contributed by atoms with Crippen molar-refractivity contribution < 1.29 is 4.74 Å². The Morgan fingerprint density at radius 1 is 1.19 bits per heavy atom. The Kier molecular flexibility index (Phi) is 5.39. The van der Waals surface area contributed by atoms with Crippen LogP contribution in [0.2, 0.25) is 5.02 Å². The molecule has 2 saturated heterocycles.